The van der Waals surface area contributed by atoms with Crippen LogP contribution in [0.5, 0.6) is 0 Å². The Labute approximate surface area is 164 Å². The van der Waals surface area contributed by atoms with Crippen LogP contribution in [0.15, 0.2) is 47.6 Å². The molecule has 3 aromatic rings. The Morgan fingerprint density at radius 3 is 2.65 bits per heavy atom. The Bertz CT molecular complexity index is 929. The number of hydrogen-bond donors (Lipinski definition) is 1. The number of anilines is 1. The van der Waals surface area contributed by atoms with E-state index in [0.717, 1.165) is 11.3 Å². The molecule has 0 aliphatic carbocycles. The number of carbonyl (C=O) groups is 1. The number of hydrogen-bond acceptors (Lipinski definition) is 5. The third kappa shape index (κ3) is 4.35. The maximum atomic E-state index is 12.5. The zero-order valence-electron chi connectivity index (χ0n) is 14.0. The summed E-state index contributed by atoms with van der Waals surface area (Å²) in [6, 6.07) is 12.7. The van der Waals surface area contributed by atoms with E-state index < -0.39 is 5.25 Å². The molecule has 1 amide bonds. The molecule has 9 heteroatoms. The Kier molecular flexibility index (Phi) is 5.80. The van der Waals surface area contributed by atoms with Crippen molar-refractivity contribution in [2.24, 2.45) is 0 Å². The standard InChI is InChI=1S/C17H15Cl2N5OS/c1-10-3-6-13(7-4-10)24-17(21-22-23-24)26-11(2)16(25)20-15-9-12(18)5-8-14(15)19/h3-9,11H,1-2H3,(H,20,25)/t11-/m1/s1. The SMILES string of the molecule is Cc1ccc(-n2nnnc2S[C@H](C)C(=O)Nc2cc(Cl)ccc2Cl)cc1. The van der Waals surface area contributed by atoms with Gasteiger partial charge >= 0.3 is 0 Å². The highest BCUT2D eigenvalue weighted by atomic mass is 35.5. The van der Waals surface area contributed by atoms with E-state index in [2.05, 4.69) is 20.8 Å². The average Bonchev–Trinajstić information content (AvgIpc) is 3.07. The van der Waals surface area contributed by atoms with Gasteiger partial charge in [0.2, 0.25) is 11.1 Å². The van der Waals surface area contributed by atoms with Crippen LogP contribution in [-0.4, -0.2) is 31.4 Å². The molecule has 0 saturated carbocycles. The van der Waals surface area contributed by atoms with Gasteiger partial charge in [-0.1, -0.05) is 52.7 Å². The molecule has 1 heterocycles. The second-order valence-corrected chi connectivity index (χ2v) is 7.73. The maximum absolute atomic E-state index is 12.5. The quantitative estimate of drug-likeness (QED) is 0.634. The lowest BCUT2D eigenvalue weighted by molar-refractivity contribution is -0.115. The van der Waals surface area contributed by atoms with Gasteiger partial charge in [-0.15, -0.1) is 5.10 Å². The van der Waals surface area contributed by atoms with Crippen molar-refractivity contribution < 1.29 is 4.79 Å². The van der Waals surface area contributed by atoms with Crippen molar-refractivity contribution in [3.8, 4) is 5.69 Å². The van der Waals surface area contributed by atoms with E-state index in [1.807, 2.05) is 31.2 Å². The highest BCUT2D eigenvalue weighted by Crippen LogP contribution is 2.28. The molecule has 0 fully saturated rings. The van der Waals surface area contributed by atoms with Crippen LogP contribution in [0.1, 0.15) is 12.5 Å². The fraction of sp³-hybridized carbons (Fsp3) is 0.176. The highest BCUT2D eigenvalue weighted by molar-refractivity contribution is 8.00. The van der Waals surface area contributed by atoms with Gasteiger partial charge in [-0.3, -0.25) is 4.79 Å². The predicted molar refractivity (Wildman–Crippen MR) is 104 cm³/mol. The van der Waals surface area contributed by atoms with E-state index in [-0.39, 0.29) is 5.91 Å². The number of nitrogens with zero attached hydrogens (tertiary/aromatic N) is 4. The van der Waals surface area contributed by atoms with Gasteiger partial charge in [-0.05, 0) is 54.6 Å². The van der Waals surface area contributed by atoms with Crippen LogP contribution in [0.25, 0.3) is 5.69 Å². The van der Waals surface area contributed by atoms with Gasteiger partial charge in [0.05, 0.1) is 21.6 Å². The summed E-state index contributed by atoms with van der Waals surface area (Å²) in [5.41, 5.74) is 2.44. The van der Waals surface area contributed by atoms with E-state index in [9.17, 15) is 4.79 Å². The van der Waals surface area contributed by atoms with Crippen LogP contribution in [0.2, 0.25) is 10.0 Å². The van der Waals surface area contributed by atoms with E-state index in [4.69, 9.17) is 23.2 Å². The van der Waals surface area contributed by atoms with Crippen molar-refractivity contribution >= 4 is 46.6 Å². The Balaban J connectivity index is 1.73. The number of aromatic nitrogens is 4. The number of carbonyl (C=O) groups excluding carboxylic acids is 1. The van der Waals surface area contributed by atoms with E-state index in [1.165, 1.54) is 11.8 Å². The normalized spacial score (nSPS) is 12.0. The van der Waals surface area contributed by atoms with Crippen LogP contribution in [-0.2, 0) is 4.79 Å². The molecule has 0 saturated heterocycles. The number of tetrazole rings is 1. The number of halogens is 2. The topological polar surface area (TPSA) is 72.7 Å². The number of thioether (sulfide) groups is 1. The second-order valence-electron chi connectivity index (χ2n) is 5.58. The van der Waals surface area contributed by atoms with Gasteiger partial charge in [0.1, 0.15) is 0 Å². The number of benzene rings is 2. The Hall–Kier alpha value is -2.09. The van der Waals surface area contributed by atoms with Crippen LogP contribution in [0, 0.1) is 6.92 Å². The monoisotopic (exact) mass is 407 g/mol. The first-order valence-corrected chi connectivity index (χ1v) is 9.35. The summed E-state index contributed by atoms with van der Waals surface area (Å²) in [5, 5.41) is 15.5. The lowest BCUT2D eigenvalue weighted by atomic mass is 10.2. The van der Waals surface area contributed by atoms with Crippen molar-refractivity contribution in [1.82, 2.24) is 20.2 Å². The minimum atomic E-state index is -0.444. The molecular formula is C17H15Cl2N5OS. The van der Waals surface area contributed by atoms with Crippen LogP contribution >= 0.6 is 35.0 Å². The molecule has 1 atom stereocenters. The minimum absolute atomic E-state index is 0.224. The molecule has 0 aliphatic heterocycles. The van der Waals surface area contributed by atoms with Gasteiger partial charge in [0.15, 0.2) is 0 Å². The van der Waals surface area contributed by atoms with Crippen molar-refractivity contribution in [3.05, 3.63) is 58.1 Å². The van der Waals surface area contributed by atoms with Gasteiger partial charge in [-0.2, -0.15) is 4.68 Å². The largest absolute Gasteiger partial charge is 0.324 e. The van der Waals surface area contributed by atoms with Crippen molar-refractivity contribution in [3.63, 3.8) is 0 Å². The van der Waals surface area contributed by atoms with Gasteiger partial charge in [-0.25, -0.2) is 0 Å². The molecule has 0 radical (unpaired) electrons. The summed E-state index contributed by atoms with van der Waals surface area (Å²) in [7, 11) is 0. The van der Waals surface area contributed by atoms with E-state index in [0.29, 0.717) is 20.9 Å². The summed E-state index contributed by atoms with van der Waals surface area (Å²) >= 11 is 13.3. The molecule has 0 bridgehead atoms. The Morgan fingerprint density at radius 1 is 1.19 bits per heavy atom. The van der Waals surface area contributed by atoms with Gasteiger partial charge in [0.25, 0.3) is 0 Å². The first kappa shape index (κ1) is 18.7. The zero-order chi connectivity index (χ0) is 18.7. The fourth-order valence-corrected chi connectivity index (χ4v) is 3.28. The Morgan fingerprint density at radius 2 is 1.92 bits per heavy atom. The summed E-state index contributed by atoms with van der Waals surface area (Å²) in [6.07, 6.45) is 0. The fourth-order valence-electron chi connectivity index (χ4n) is 2.14. The number of rotatable bonds is 5. The lowest BCUT2D eigenvalue weighted by Crippen LogP contribution is -2.23. The lowest BCUT2D eigenvalue weighted by Gasteiger charge is -2.13. The summed E-state index contributed by atoms with van der Waals surface area (Å²) in [6.45, 7) is 3.78. The van der Waals surface area contributed by atoms with Crippen LogP contribution in [0.4, 0.5) is 5.69 Å². The van der Waals surface area contributed by atoms with Crippen LogP contribution in [0.3, 0.4) is 0 Å². The average molecular weight is 408 g/mol. The molecule has 26 heavy (non-hydrogen) atoms. The van der Waals surface area contributed by atoms with E-state index in [1.54, 1.807) is 29.8 Å². The minimum Gasteiger partial charge on any atom is -0.324 e. The molecular weight excluding hydrogens is 393 g/mol. The number of amides is 1. The third-order valence-electron chi connectivity index (χ3n) is 3.56. The van der Waals surface area contributed by atoms with Gasteiger partial charge in [0, 0.05) is 5.02 Å². The molecule has 0 spiro atoms. The van der Waals surface area contributed by atoms with E-state index >= 15 is 0 Å². The molecule has 6 nitrogen and oxygen atoms in total. The molecule has 1 aromatic heterocycles. The summed E-state index contributed by atoms with van der Waals surface area (Å²) < 4.78 is 1.60. The van der Waals surface area contributed by atoms with Crippen molar-refractivity contribution in [2.75, 3.05) is 5.32 Å². The maximum Gasteiger partial charge on any atom is 0.237 e. The molecule has 1 N–H and O–H groups in total. The van der Waals surface area contributed by atoms with Crippen molar-refractivity contribution in [2.45, 2.75) is 24.3 Å². The molecule has 0 unspecified atom stereocenters. The second kappa shape index (κ2) is 8.07. The molecule has 134 valence electrons. The predicted octanol–water partition coefficient (Wildman–Crippen LogP) is 4.40. The highest BCUT2D eigenvalue weighted by Gasteiger charge is 2.20. The smallest absolute Gasteiger partial charge is 0.237 e. The molecule has 3 rings (SSSR count). The number of nitrogens with one attached hydrogen (secondary N) is 1. The summed E-state index contributed by atoms with van der Waals surface area (Å²) in [5.74, 6) is -0.224. The molecule has 0 aliphatic rings. The zero-order valence-corrected chi connectivity index (χ0v) is 16.3. The first-order chi connectivity index (χ1) is 12.4. The summed E-state index contributed by atoms with van der Waals surface area (Å²) in [4.78, 5) is 12.5. The first-order valence-electron chi connectivity index (χ1n) is 7.72. The number of aryl methyl sites for hydroxylation is 1. The molecule has 2 aromatic carbocycles. The third-order valence-corrected chi connectivity index (χ3v) is 5.15. The van der Waals surface area contributed by atoms with Crippen LogP contribution < -0.4 is 5.32 Å². The van der Waals surface area contributed by atoms with Gasteiger partial charge < -0.3 is 5.32 Å². The van der Waals surface area contributed by atoms with Crippen molar-refractivity contribution in [1.29, 1.82) is 0 Å².